The summed E-state index contributed by atoms with van der Waals surface area (Å²) in [5.41, 5.74) is 0. The highest BCUT2D eigenvalue weighted by Crippen LogP contribution is 2.44. The molecule has 1 saturated heterocycles. The van der Waals surface area contributed by atoms with Gasteiger partial charge >= 0.3 is 0 Å². The Balaban J connectivity index is 1.54. The van der Waals surface area contributed by atoms with Gasteiger partial charge in [-0.05, 0) is 50.5 Å². The van der Waals surface area contributed by atoms with Gasteiger partial charge in [-0.2, -0.15) is 0 Å². The second-order valence-electron chi connectivity index (χ2n) is 5.44. The van der Waals surface area contributed by atoms with Crippen molar-refractivity contribution >= 4 is 5.91 Å². The largest absolute Gasteiger partial charge is 0.352 e. The SMILES string of the molecule is O=C(NC1CC2CCC1C2)C1CCCN1. The van der Waals surface area contributed by atoms with Crippen LogP contribution < -0.4 is 10.6 Å². The summed E-state index contributed by atoms with van der Waals surface area (Å²) in [7, 11) is 0. The third kappa shape index (κ3) is 1.78. The van der Waals surface area contributed by atoms with Crippen LogP contribution in [0, 0.1) is 11.8 Å². The van der Waals surface area contributed by atoms with E-state index in [0.29, 0.717) is 6.04 Å². The van der Waals surface area contributed by atoms with Gasteiger partial charge in [-0.1, -0.05) is 6.42 Å². The van der Waals surface area contributed by atoms with Crippen molar-refractivity contribution in [3.05, 3.63) is 0 Å². The number of carbonyl (C=O) groups excluding carboxylic acids is 1. The lowest BCUT2D eigenvalue weighted by Crippen LogP contribution is -2.46. The van der Waals surface area contributed by atoms with E-state index in [4.69, 9.17) is 0 Å². The van der Waals surface area contributed by atoms with E-state index in [1.54, 1.807) is 0 Å². The molecule has 2 N–H and O–H groups in total. The molecule has 2 bridgehead atoms. The summed E-state index contributed by atoms with van der Waals surface area (Å²) in [5.74, 6) is 1.96. The van der Waals surface area contributed by atoms with E-state index in [1.807, 2.05) is 0 Å². The number of hydrogen-bond acceptors (Lipinski definition) is 2. The average molecular weight is 208 g/mol. The lowest BCUT2D eigenvalue weighted by molar-refractivity contribution is -0.123. The quantitative estimate of drug-likeness (QED) is 0.712. The van der Waals surface area contributed by atoms with E-state index < -0.39 is 0 Å². The summed E-state index contributed by atoms with van der Waals surface area (Å²) in [6, 6.07) is 0.600. The molecule has 0 aromatic heterocycles. The summed E-state index contributed by atoms with van der Waals surface area (Å²) >= 11 is 0. The number of nitrogens with one attached hydrogen (secondary N) is 2. The van der Waals surface area contributed by atoms with E-state index in [1.165, 1.54) is 25.7 Å². The fourth-order valence-corrected chi connectivity index (χ4v) is 3.61. The highest BCUT2D eigenvalue weighted by molar-refractivity contribution is 5.82. The maximum Gasteiger partial charge on any atom is 0.237 e. The van der Waals surface area contributed by atoms with Crippen molar-refractivity contribution in [2.75, 3.05) is 6.54 Å². The van der Waals surface area contributed by atoms with Crippen LogP contribution in [-0.4, -0.2) is 24.5 Å². The second-order valence-corrected chi connectivity index (χ2v) is 5.44. The van der Waals surface area contributed by atoms with E-state index in [9.17, 15) is 4.79 Å². The molecule has 0 radical (unpaired) electrons. The Bertz CT molecular complexity index is 260. The minimum absolute atomic E-state index is 0.101. The summed E-state index contributed by atoms with van der Waals surface area (Å²) < 4.78 is 0. The Morgan fingerprint density at radius 2 is 2.13 bits per heavy atom. The highest BCUT2D eigenvalue weighted by Gasteiger charge is 2.40. The zero-order valence-electron chi connectivity index (χ0n) is 9.17. The molecule has 4 unspecified atom stereocenters. The number of amides is 1. The van der Waals surface area contributed by atoms with Crippen LogP contribution in [-0.2, 0) is 4.79 Å². The predicted molar refractivity (Wildman–Crippen MR) is 58.4 cm³/mol. The lowest BCUT2D eigenvalue weighted by atomic mass is 9.95. The molecule has 1 heterocycles. The average Bonchev–Trinajstić information content (AvgIpc) is 2.95. The second kappa shape index (κ2) is 3.78. The smallest absolute Gasteiger partial charge is 0.237 e. The first kappa shape index (κ1) is 9.64. The van der Waals surface area contributed by atoms with Crippen LogP contribution in [0.15, 0.2) is 0 Å². The first-order chi connectivity index (χ1) is 7.33. The van der Waals surface area contributed by atoms with Crippen molar-refractivity contribution in [2.24, 2.45) is 11.8 Å². The van der Waals surface area contributed by atoms with Crippen LogP contribution >= 0.6 is 0 Å². The molecule has 15 heavy (non-hydrogen) atoms. The number of hydrogen-bond donors (Lipinski definition) is 2. The van der Waals surface area contributed by atoms with E-state index >= 15 is 0 Å². The Labute approximate surface area is 91.0 Å². The zero-order valence-corrected chi connectivity index (χ0v) is 9.17. The zero-order chi connectivity index (χ0) is 10.3. The first-order valence-electron chi connectivity index (χ1n) is 6.36. The molecular weight excluding hydrogens is 188 g/mol. The topological polar surface area (TPSA) is 41.1 Å². The highest BCUT2D eigenvalue weighted by atomic mass is 16.2. The van der Waals surface area contributed by atoms with Gasteiger partial charge in [0, 0.05) is 6.04 Å². The molecule has 4 atom stereocenters. The fourth-order valence-electron chi connectivity index (χ4n) is 3.61. The molecule has 3 nitrogen and oxygen atoms in total. The van der Waals surface area contributed by atoms with E-state index in [2.05, 4.69) is 10.6 Å². The van der Waals surface area contributed by atoms with Gasteiger partial charge in [0.25, 0.3) is 0 Å². The third-order valence-electron chi connectivity index (χ3n) is 4.44. The van der Waals surface area contributed by atoms with E-state index in [0.717, 1.165) is 31.2 Å². The van der Waals surface area contributed by atoms with E-state index in [-0.39, 0.29) is 11.9 Å². The van der Waals surface area contributed by atoms with Crippen LogP contribution in [0.2, 0.25) is 0 Å². The van der Waals surface area contributed by atoms with Gasteiger partial charge in [0.05, 0.1) is 6.04 Å². The van der Waals surface area contributed by atoms with Crippen molar-refractivity contribution in [2.45, 2.75) is 50.6 Å². The molecule has 0 spiro atoms. The molecule has 1 amide bonds. The normalized spacial score (nSPS) is 43.5. The fraction of sp³-hybridized carbons (Fsp3) is 0.917. The van der Waals surface area contributed by atoms with Crippen LogP contribution in [0.25, 0.3) is 0 Å². The van der Waals surface area contributed by atoms with Gasteiger partial charge in [-0.3, -0.25) is 4.79 Å². The third-order valence-corrected chi connectivity index (χ3v) is 4.44. The van der Waals surface area contributed by atoms with Gasteiger partial charge in [0.1, 0.15) is 0 Å². The Morgan fingerprint density at radius 1 is 1.20 bits per heavy atom. The van der Waals surface area contributed by atoms with Crippen molar-refractivity contribution in [3.63, 3.8) is 0 Å². The van der Waals surface area contributed by atoms with Crippen molar-refractivity contribution in [1.82, 2.24) is 10.6 Å². The number of rotatable bonds is 2. The van der Waals surface area contributed by atoms with Gasteiger partial charge in [0.15, 0.2) is 0 Å². The predicted octanol–water partition coefficient (Wildman–Crippen LogP) is 1.04. The number of fused-ring (bicyclic) bond motifs is 2. The van der Waals surface area contributed by atoms with Gasteiger partial charge < -0.3 is 10.6 Å². The van der Waals surface area contributed by atoms with Crippen molar-refractivity contribution in [3.8, 4) is 0 Å². The van der Waals surface area contributed by atoms with Crippen molar-refractivity contribution in [1.29, 1.82) is 0 Å². The van der Waals surface area contributed by atoms with Crippen molar-refractivity contribution < 1.29 is 4.79 Å². The molecule has 1 aliphatic heterocycles. The molecular formula is C12H20N2O. The molecule has 0 aromatic rings. The summed E-state index contributed by atoms with van der Waals surface area (Å²) in [6.07, 6.45) is 7.51. The first-order valence-corrected chi connectivity index (χ1v) is 6.36. The monoisotopic (exact) mass is 208 g/mol. The summed E-state index contributed by atoms with van der Waals surface area (Å²) in [4.78, 5) is 11.9. The van der Waals surface area contributed by atoms with Crippen LogP contribution in [0.5, 0.6) is 0 Å². The molecule has 2 saturated carbocycles. The maximum atomic E-state index is 11.9. The van der Waals surface area contributed by atoms with Gasteiger partial charge in [0.2, 0.25) is 5.91 Å². The van der Waals surface area contributed by atoms with Gasteiger partial charge in [-0.15, -0.1) is 0 Å². The summed E-state index contributed by atoms with van der Waals surface area (Å²) in [6.45, 7) is 1.01. The molecule has 3 heteroatoms. The Morgan fingerprint density at radius 3 is 2.73 bits per heavy atom. The molecule has 0 aromatic carbocycles. The minimum Gasteiger partial charge on any atom is -0.352 e. The van der Waals surface area contributed by atoms with Crippen LogP contribution in [0.1, 0.15) is 38.5 Å². The molecule has 3 fully saturated rings. The maximum absolute atomic E-state index is 11.9. The molecule has 2 aliphatic carbocycles. The summed E-state index contributed by atoms with van der Waals surface area (Å²) in [5, 5.41) is 6.51. The standard InChI is InChI=1S/C12H20N2O/c15-12(10-2-1-5-13-10)14-11-7-8-3-4-9(11)6-8/h8-11,13H,1-7H2,(H,14,15). The number of carbonyl (C=O) groups is 1. The van der Waals surface area contributed by atoms with Crippen LogP contribution in [0.3, 0.4) is 0 Å². The van der Waals surface area contributed by atoms with Gasteiger partial charge in [-0.25, -0.2) is 0 Å². The minimum atomic E-state index is 0.101. The molecule has 3 aliphatic rings. The van der Waals surface area contributed by atoms with Crippen LogP contribution in [0.4, 0.5) is 0 Å². The lowest BCUT2D eigenvalue weighted by Gasteiger charge is -2.24. The molecule has 84 valence electrons. The Kier molecular flexibility index (Phi) is 2.43. The molecule has 3 rings (SSSR count). The Hall–Kier alpha value is -0.570.